The van der Waals surface area contributed by atoms with E-state index in [1.807, 2.05) is 12.1 Å². The van der Waals surface area contributed by atoms with Crippen LogP contribution < -0.4 is 4.90 Å². The lowest BCUT2D eigenvalue weighted by Crippen LogP contribution is -2.47. The van der Waals surface area contributed by atoms with Gasteiger partial charge in [-0.2, -0.15) is 0 Å². The summed E-state index contributed by atoms with van der Waals surface area (Å²) in [5, 5.41) is 1.31. The number of rotatable bonds is 5. The smallest absolute Gasteiger partial charge is 0.222 e. The van der Waals surface area contributed by atoms with Crippen molar-refractivity contribution in [1.82, 2.24) is 9.80 Å². The zero-order valence-electron chi connectivity index (χ0n) is 17.3. The van der Waals surface area contributed by atoms with Crippen LogP contribution >= 0.6 is 23.2 Å². The van der Waals surface area contributed by atoms with Crippen LogP contribution in [0.1, 0.15) is 51.4 Å². The Labute approximate surface area is 185 Å². The Morgan fingerprint density at radius 1 is 0.931 bits per heavy atom. The van der Waals surface area contributed by atoms with E-state index >= 15 is 0 Å². The molecule has 4 nitrogen and oxygen atoms in total. The van der Waals surface area contributed by atoms with Crippen LogP contribution in [0.4, 0.5) is 5.69 Å². The van der Waals surface area contributed by atoms with Crippen LogP contribution in [0, 0.1) is 5.92 Å². The first-order valence-corrected chi connectivity index (χ1v) is 12.1. The van der Waals surface area contributed by atoms with Gasteiger partial charge in [0.25, 0.3) is 0 Å². The largest absolute Gasteiger partial charge is 0.368 e. The Balaban J connectivity index is 1.18. The van der Waals surface area contributed by atoms with E-state index in [9.17, 15) is 4.79 Å². The standard InChI is InChI=1S/C23H33Cl2N3O/c24-20-4-3-5-21(23(20)25)27-16-14-26(15-17-27)13-11-18-7-9-19(10-8-18)28-12-2-1-6-22(28)29/h3-5,18-19H,1-2,6-17H2/t18-,19-. The predicted molar refractivity (Wildman–Crippen MR) is 121 cm³/mol. The molecule has 29 heavy (non-hydrogen) atoms. The van der Waals surface area contributed by atoms with Gasteiger partial charge in [-0.15, -0.1) is 0 Å². The molecule has 1 aromatic carbocycles. The highest BCUT2D eigenvalue weighted by atomic mass is 35.5. The van der Waals surface area contributed by atoms with Crippen LogP contribution in [0.2, 0.25) is 10.0 Å². The minimum absolute atomic E-state index is 0.400. The van der Waals surface area contributed by atoms with Crippen molar-refractivity contribution in [3.8, 4) is 0 Å². The Bertz CT molecular complexity index is 697. The first-order valence-electron chi connectivity index (χ1n) is 11.3. The van der Waals surface area contributed by atoms with Gasteiger partial charge in [0.15, 0.2) is 0 Å². The number of carbonyl (C=O) groups excluding carboxylic acids is 1. The maximum Gasteiger partial charge on any atom is 0.222 e. The van der Waals surface area contributed by atoms with Gasteiger partial charge in [0.2, 0.25) is 5.91 Å². The highest BCUT2D eigenvalue weighted by Crippen LogP contribution is 2.34. The maximum atomic E-state index is 12.2. The van der Waals surface area contributed by atoms with E-state index in [0.29, 0.717) is 22.0 Å². The Morgan fingerprint density at radius 3 is 2.41 bits per heavy atom. The van der Waals surface area contributed by atoms with Gasteiger partial charge >= 0.3 is 0 Å². The van der Waals surface area contributed by atoms with Gasteiger partial charge in [0, 0.05) is 45.2 Å². The van der Waals surface area contributed by atoms with Crippen molar-refractivity contribution in [3.05, 3.63) is 28.2 Å². The van der Waals surface area contributed by atoms with Gasteiger partial charge in [-0.25, -0.2) is 0 Å². The minimum atomic E-state index is 0.400. The molecule has 160 valence electrons. The number of nitrogens with zero attached hydrogens (tertiary/aromatic N) is 3. The molecule has 3 aliphatic rings. The van der Waals surface area contributed by atoms with Crippen molar-refractivity contribution in [3.63, 3.8) is 0 Å². The first kappa shape index (κ1) is 21.3. The summed E-state index contributed by atoms with van der Waals surface area (Å²) in [5.74, 6) is 1.23. The lowest BCUT2D eigenvalue weighted by atomic mass is 9.83. The number of piperidine rings is 1. The number of carbonyl (C=O) groups is 1. The lowest BCUT2D eigenvalue weighted by Gasteiger charge is -2.40. The molecule has 6 heteroatoms. The van der Waals surface area contributed by atoms with E-state index in [1.165, 1.54) is 45.1 Å². The third-order valence-corrected chi connectivity index (χ3v) is 7.92. The van der Waals surface area contributed by atoms with Crippen molar-refractivity contribution < 1.29 is 4.79 Å². The molecule has 0 aromatic heterocycles. The number of halogens is 2. The fourth-order valence-corrected chi connectivity index (χ4v) is 5.69. The fraction of sp³-hybridized carbons (Fsp3) is 0.696. The second-order valence-corrected chi connectivity index (χ2v) is 9.69. The summed E-state index contributed by atoms with van der Waals surface area (Å²) in [4.78, 5) is 19.3. The van der Waals surface area contributed by atoms with Crippen LogP contribution in [0.5, 0.6) is 0 Å². The molecule has 2 aliphatic heterocycles. The van der Waals surface area contributed by atoms with E-state index in [0.717, 1.165) is 57.2 Å². The average Bonchev–Trinajstić information content (AvgIpc) is 2.75. The number of hydrogen-bond donors (Lipinski definition) is 0. The predicted octanol–water partition coefficient (Wildman–Crippen LogP) is 5.08. The number of hydrogen-bond acceptors (Lipinski definition) is 3. The van der Waals surface area contributed by atoms with E-state index < -0.39 is 0 Å². The summed E-state index contributed by atoms with van der Waals surface area (Å²) in [6, 6.07) is 6.41. The summed E-state index contributed by atoms with van der Waals surface area (Å²) in [6.07, 6.45) is 9.32. The molecule has 0 N–H and O–H groups in total. The van der Waals surface area contributed by atoms with Gasteiger partial charge in [-0.05, 0) is 69.5 Å². The number of amides is 1. The molecular weight excluding hydrogens is 405 g/mol. The second-order valence-electron chi connectivity index (χ2n) is 8.91. The molecule has 1 aromatic rings. The zero-order chi connectivity index (χ0) is 20.2. The van der Waals surface area contributed by atoms with Gasteiger partial charge < -0.3 is 9.80 Å². The maximum absolute atomic E-state index is 12.2. The molecule has 0 radical (unpaired) electrons. The van der Waals surface area contributed by atoms with Crippen LogP contribution in [-0.4, -0.2) is 61.0 Å². The van der Waals surface area contributed by atoms with Crippen LogP contribution in [0.25, 0.3) is 0 Å². The second kappa shape index (κ2) is 9.89. The van der Waals surface area contributed by atoms with E-state index in [-0.39, 0.29) is 0 Å². The normalized spacial score (nSPS) is 26.8. The van der Waals surface area contributed by atoms with Crippen molar-refractivity contribution in [2.24, 2.45) is 5.92 Å². The number of piperazine rings is 1. The molecule has 0 unspecified atom stereocenters. The SMILES string of the molecule is O=C1CCCCN1[C@H]1CC[C@H](CCN2CCN(c3cccc(Cl)c3Cl)CC2)CC1. The van der Waals surface area contributed by atoms with E-state index in [4.69, 9.17) is 23.2 Å². The molecular formula is C23H33Cl2N3O. The minimum Gasteiger partial charge on any atom is -0.368 e. The van der Waals surface area contributed by atoms with Crippen LogP contribution in [0.15, 0.2) is 18.2 Å². The summed E-state index contributed by atoms with van der Waals surface area (Å²) < 4.78 is 0. The highest BCUT2D eigenvalue weighted by Gasteiger charge is 2.30. The molecule has 3 fully saturated rings. The van der Waals surface area contributed by atoms with E-state index in [1.54, 1.807) is 0 Å². The molecule has 0 atom stereocenters. The van der Waals surface area contributed by atoms with Crippen molar-refractivity contribution in [2.45, 2.75) is 57.4 Å². The molecule has 0 bridgehead atoms. The van der Waals surface area contributed by atoms with Crippen molar-refractivity contribution >= 4 is 34.8 Å². The topological polar surface area (TPSA) is 26.8 Å². The Hall–Kier alpha value is -0.970. The lowest BCUT2D eigenvalue weighted by molar-refractivity contribution is -0.136. The number of likely N-dealkylation sites (tertiary alicyclic amines) is 1. The van der Waals surface area contributed by atoms with Gasteiger partial charge in [0.1, 0.15) is 0 Å². The number of anilines is 1. The van der Waals surface area contributed by atoms with Gasteiger partial charge in [0.05, 0.1) is 15.7 Å². The Morgan fingerprint density at radius 2 is 1.69 bits per heavy atom. The van der Waals surface area contributed by atoms with Crippen molar-refractivity contribution in [1.29, 1.82) is 0 Å². The third kappa shape index (κ3) is 5.21. The molecule has 1 amide bonds. The monoisotopic (exact) mass is 437 g/mol. The molecule has 0 spiro atoms. The fourth-order valence-electron chi connectivity index (χ4n) is 5.27. The summed E-state index contributed by atoms with van der Waals surface area (Å²) in [5.41, 5.74) is 1.06. The molecule has 2 heterocycles. The molecule has 2 saturated heterocycles. The summed E-state index contributed by atoms with van der Waals surface area (Å²) in [7, 11) is 0. The van der Waals surface area contributed by atoms with E-state index in [2.05, 4.69) is 20.8 Å². The summed E-state index contributed by atoms with van der Waals surface area (Å²) >= 11 is 12.6. The molecule has 1 saturated carbocycles. The quantitative estimate of drug-likeness (QED) is 0.642. The third-order valence-electron chi connectivity index (χ3n) is 7.11. The number of benzene rings is 1. The first-order chi connectivity index (χ1) is 14.1. The van der Waals surface area contributed by atoms with Crippen LogP contribution in [-0.2, 0) is 4.79 Å². The average molecular weight is 438 g/mol. The van der Waals surface area contributed by atoms with Crippen LogP contribution in [0.3, 0.4) is 0 Å². The van der Waals surface area contributed by atoms with Gasteiger partial charge in [-0.1, -0.05) is 29.3 Å². The van der Waals surface area contributed by atoms with Gasteiger partial charge in [-0.3, -0.25) is 9.69 Å². The zero-order valence-corrected chi connectivity index (χ0v) is 18.8. The molecule has 4 rings (SSSR count). The van der Waals surface area contributed by atoms with Crippen molar-refractivity contribution in [2.75, 3.05) is 44.2 Å². The highest BCUT2D eigenvalue weighted by molar-refractivity contribution is 6.43. The Kier molecular flexibility index (Phi) is 7.25. The summed E-state index contributed by atoms with van der Waals surface area (Å²) in [6.45, 7) is 6.36. The molecule has 1 aliphatic carbocycles.